The van der Waals surface area contributed by atoms with Crippen molar-refractivity contribution in [3.8, 4) is 0 Å². The zero-order chi connectivity index (χ0) is 17.6. The topological polar surface area (TPSA) is 58.4 Å². The number of rotatable bonds is 7. The number of benzene rings is 2. The summed E-state index contributed by atoms with van der Waals surface area (Å²) < 4.78 is 0. The van der Waals surface area contributed by atoms with Crippen LogP contribution in [0.4, 0.5) is 17.1 Å². The smallest absolute Gasteiger partial charge is 0.292 e. The van der Waals surface area contributed by atoms with Gasteiger partial charge in [-0.3, -0.25) is 10.1 Å². The van der Waals surface area contributed by atoms with E-state index >= 15 is 0 Å². The Balaban J connectivity index is 1.70. The maximum Gasteiger partial charge on any atom is 0.292 e. The summed E-state index contributed by atoms with van der Waals surface area (Å²) in [6.07, 6.45) is 4.25. The number of nitro groups is 1. The summed E-state index contributed by atoms with van der Waals surface area (Å²) in [5, 5.41) is 14.7. The number of hydrogen-bond donors (Lipinski definition) is 1. The third-order valence-electron chi connectivity index (χ3n) is 4.76. The minimum absolute atomic E-state index is 0.148. The summed E-state index contributed by atoms with van der Waals surface area (Å²) in [4.78, 5) is 13.4. The Kier molecular flexibility index (Phi) is 5.53. The number of nitrogens with one attached hydrogen (secondary N) is 1. The second-order valence-corrected chi connectivity index (χ2v) is 6.72. The molecule has 3 rings (SSSR count). The summed E-state index contributed by atoms with van der Waals surface area (Å²) in [6, 6.07) is 15.9. The van der Waals surface area contributed by atoms with Gasteiger partial charge in [0.25, 0.3) is 5.69 Å². The molecule has 5 nitrogen and oxygen atoms in total. The van der Waals surface area contributed by atoms with Crippen molar-refractivity contribution in [1.82, 2.24) is 0 Å². The predicted octanol–water partition coefficient (Wildman–Crippen LogP) is 4.63. The summed E-state index contributed by atoms with van der Waals surface area (Å²) in [6.45, 7) is 4.14. The second kappa shape index (κ2) is 8.01. The highest BCUT2D eigenvalue weighted by molar-refractivity contribution is 5.69. The molecule has 1 atom stereocenters. The van der Waals surface area contributed by atoms with E-state index in [4.69, 9.17) is 0 Å². The molecule has 2 aromatic rings. The van der Waals surface area contributed by atoms with Gasteiger partial charge >= 0.3 is 0 Å². The third-order valence-corrected chi connectivity index (χ3v) is 4.76. The van der Waals surface area contributed by atoms with Gasteiger partial charge in [0.15, 0.2) is 0 Å². The molecule has 0 amide bonds. The molecule has 25 heavy (non-hydrogen) atoms. The minimum Gasteiger partial charge on any atom is -0.377 e. The standard InChI is InChI=1S/C20H25N3O2/c1-16(9-10-17-7-3-2-4-8-17)21-19-15-18(22-13-5-6-14-22)11-12-20(19)23(24)25/h2-4,7-8,11-12,15-16,21H,5-6,9-10,13-14H2,1H3. The second-order valence-electron chi connectivity index (χ2n) is 6.72. The lowest BCUT2D eigenvalue weighted by Gasteiger charge is -2.20. The van der Waals surface area contributed by atoms with Gasteiger partial charge in [-0.15, -0.1) is 0 Å². The van der Waals surface area contributed by atoms with Gasteiger partial charge in [0, 0.05) is 30.9 Å². The predicted molar refractivity (Wildman–Crippen MR) is 102 cm³/mol. The Morgan fingerprint density at radius 2 is 1.88 bits per heavy atom. The lowest BCUT2D eigenvalue weighted by Crippen LogP contribution is -2.20. The quantitative estimate of drug-likeness (QED) is 0.590. The SMILES string of the molecule is CC(CCc1ccccc1)Nc1cc(N2CCCC2)ccc1[N+](=O)[O-]. The molecule has 132 valence electrons. The summed E-state index contributed by atoms with van der Waals surface area (Å²) in [5.74, 6) is 0. The molecule has 0 aliphatic carbocycles. The van der Waals surface area contributed by atoms with Crippen molar-refractivity contribution in [3.63, 3.8) is 0 Å². The van der Waals surface area contributed by atoms with E-state index in [1.807, 2.05) is 30.3 Å². The molecule has 0 saturated carbocycles. The van der Waals surface area contributed by atoms with Crippen LogP contribution in [0.3, 0.4) is 0 Å². The number of anilines is 2. The van der Waals surface area contributed by atoms with Gasteiger partial charge < -0.3 is 10.2 Å². The Bertz CT molecular complexity index is 712. The highest BCUT2D eigenvalue weighted by atomic mass is 16.6. The summed E-state index contributed by atoms with van der Waals surface area (Å²) in [5.41, 5.74) is 3.13. The average molecular weight is 339 g/mol. The molecule has 0 bridgehead atoms. The van der Waals surface area contributed by atoms with Crippen LogP contribution in [0.1, 0.15) is 31.7 Å². The van der Waals surface area contributed by atoms with Crippen molar-refractivity contribution in [3.05, 3.63) is 64.2 Å². The minimum atomic E-state index is -0.306. The molecule has 1 saturated heterocycles. The third kappa shape index (κ3) is 4.50. The summed E-state index contributed by atoms with van der Waals surface area (Å²) in [7, 11) is 0. The maximum atomic E-state index is 11.4. The lowest BCUT2D eigenvalue weighted by molar-refractivity contribution is -0.384. The molecule has 1 fully saturated rings. The first-order chi connectivity index (χ1) is 12.1. The highest BCUT2D eigenvalue weighted by Crippen LogP contribution is 2.31. The van der Waals surface area contributed by atoms with Crippen LogP contribution < -0.4 is 10.2 Å². The number of nitrogens with zero attached hydrogens (tertiary/aromatic N) is 2. The molecule has 1 aliphatic heterocycles. The van der Waals surface area contributed by atoms with Crippen molar-refractivity contribution in [2.75, 3.05) is 23.3 Å². The van der Waals surface area contributed by atoms with Gasteiger partial charge in [0.1, 0.15) is 5.69 Å². The lowest BCUT2D eigenvalue weighted by atomic mass is 10.1. The molecular weight excluding hydrogens is 314 g/mol. The fraction of sp³-hybridized carbons (Fsp3) is 0.400. The van der Waals surface area contributed by atoms with E-state index < -0.39 is 0 Å². The zero-order valence-electron chi connectivity index (χ0n) is 14.6. The number of aryl methyl sites for hydroxylation is 1. The fourth-order valence-electron chi connectivity index (χ4n) is 3.34. The first-order valence-corrected chi connectivity index (χ1v) is 8.97. The number of hydrogen-bond acceptors (Lipinski definition) is 4. The zero-order valence-corrected chi connectivity index (χ0v) is 14.6. The van der Waals surface area contributed by atoms with Gasteiger partial charge in [-0.05, 0) is 50.3 Å². The first-order valence-electron chi connectivity index (χ1n) is 8.97. The Morgan fingerprint density at radius 3 is 2.56 bits per heavy atom. The molecular formula is C20H25N3O2. The first kappa shape index (κ1) is 17.3. The fourth-order valence-corrected chi connectivity index (χ4v) is 3.34. The molecule has 0 spiro atoms. The van der Waals surface area contributed by atoms with Crippen LogP contribution in [0.2, 0.25) is 0 Å². The van der Waals surface area contributed by atoms with Crippen molar-refractivity contribution in [2.45, 2.75) is 38.6 Å². The van der Waals surface area contributed by atoms with Gasteiger partial charge in [0.05, 0.1) is 4.92 Å². The molecule has 1 aliphatic rings. The molecule has 2 aromatic carbocycles. The summed E-state index contributed by atoms with van der Waals surface area (Å²) >= 11 is 0. The Morgan fingerprint density at radius 1 is 1.16 bits per heavy atom. The normalized spacial score (nSPS) is 15.2. The van der Waals surface area contributed by atoms with E-state index in [1.165, 1.54) is 18.4 Å². The van der Waals surface area contributed by atoms with Crippen LogP contribution in [0.5, 0.6) is 0 Å². The molecule has 1 heterocycles. The molecule has 0 radical (unpaired) electrons. The largest absolute Gasteiger partial charge is 0.377 e. The monoisotopic (exact) mass is 339 g/mol. The molecule has 1 unspecified atom stereocenters. The van der Waals surface area contributed by atoms with E-state index in [0.717, 1.165) is 31.6 Å². The van der Waals surface area contributed by atoms with E-state index in [1.54, 1.807) is 6.07 Å². The van der Waals surface area contributed by atoms with Crippen LogP contribution >= 0.6 is 0 Å². The van der Waals surface area contributed by atoms with Crippen LogP contribution in [-0.2, 0) is 6.42 Å². The molecule has 5 heteroatoms. The molecule has 0 aromatic heterocycles. The molecule has 1 N–H and O–H groups in total. The van der Waals surface area contributed by atoms with E-state index in [-0.39, 0.29) is 16.7 Å². The highest BCUT2D eigenvalue weighted by Gasteiger charge is 2.19. The van der Waals surface area contributed by atoms with Gasteiger partial charge in [-0.1, -0.05) is 30.3 Å². The van der Waals surface area contributed by atoms with Gasteiger partial charge in [0.2, 0.25) is 0 Å². The van der Waals surface area contributed by atoms with Crippen LogP contribution in [-0.4, -0.2) is 24.1 Å². The van der Waals surface area contributed by atoms with Crippen molar-refractivity contribution >= 4 is 17.1 Å². The van der Waals surface area contributed by atoms with Crippen LogP contribution in [0.25, 0.3) is 0 Å². The van der Waals surface area contributed by atoms with Crippen molar-refractivity contribution in [1.29, 1.82) is 0 Å². The van der Waals surface area contributed by atoms with Crippen molar-refractivity contribution in [2.24, 2.45) is 0 Å². The van der Waals surface area contributed by atoms with Crippen LogP contribution in [0, 0.1) is 10.1 Å². The van der Waals surface area contributed by atoms with E-state index in [2.05, 4.69) is 29.3 Å². The van der Waals surface area contributed by atoms with Gasteiger partial charge in [-0.2, -0.15) is 0 Å². The van der Waals surface area contributed by atoms with Crippen LogP contribution in [0.15, 0.2) is 48.5 Å². The Hall–Kier alpha value is -2.56. The van der Waals surface area contributed by atoms with Gasteiger partial charge in [-0.25, -0.2) is 0 Å². The maximum absolute atomic E-state index is 11.4. The van der Waals surface area contributed by atoms with E-state index in [0.29, 0.717) is 5.69 Å². The van der Waals surface area contributed by atoms with E-state index in [9.17, 15) is 10.1 Å². The Labute approximate surface area is 148 Å². The average Bonchev–Trinajstić information content (AvgIpc) is 3.15. The van der Waals surface area contributed by atoms with Crippen molar-refractivity contribution < 1.29 is 4.92 Å². The number of nitro benzene ring substituents is 1.